The van der Waals surface area contributed by atoms with Crippen molar-refractivity contribution in [3.05, 3.63) is 83.1 Å². The van der Waals surface area contributed by atoms with Gasteiger partial charge in [0.15, 0.2) is 5.82 Å². The van der Waals surface area contributed by atoms with Crippen molar-refractivity contribution in [1.82, 2.24) is 14.6 Å². The van der Waals surface area contributed by atoms with E-state index in [9.17, 15) is 9.18 Å². The molecule has 0 aliphatic rings. The van der Waals surface area contributed by atoms with E-state index in [0.717, 1.165) is 11.2 Å². The Kier molecular flexibility index (Phi) is 5.59. The third kappa shape index (κ3) is 4.08. The van der Waals surface area contributed by atoms with Gasteiger partial charge < -0.3 is 10.9 Å². The van der Waals surface area contributed by atoms with Crippen molar-refractivity contribution in [2.24, 2.45) is 0 Å². The van der Waals surface area contributed by atoms with E-state index in [1.54, 1.807) is 23.7 Å². The minimum Gasteiger partial charge on any atom is -0.478 e. The summed E-state index contributed by atoms with van der Waals surface area (Å²) < 4.78 is 14.8. The zero-order valence-corrected chi connectivity index (χ0v) is 16.3. The molecule has 2 aromatic carbocycles. The number of carboxylic acids is 1. The molecule has 0 aliphatic heterocycles. The Balaban J connectivity index is 0.000000176. The highest BCUT2D eigenvalue weighted by molar-refractivity contribution is 5.88. The number of nitrogens with zero attached hydrogens (tertiary/aromatic N) is 3. The Labute approximate surface area is 167 Å². The molecule has 0 saturated heterocycles. The van der Waals surface area contributed by atoms with E-state index >= 15 is 0 Å². The van der Waals surface area contributed by atoms with Gasteiger partial charge in [0.2, 0.25) is 0 Å². The Hall–Kier alpha value is -3.74. The maximum Gasteiger partial charge on any atom is 0.339 e. The average Bonchev–Trinajstić information content (AvgIpc) is 2.93. The van der Waals surface area contributed by atoms with Crippen LogP contribution in [0.5, 0.6) is 0 Å². The summed E-state index contributed by atoms with van der Waals surface area (Å²) in [4.78, 5) is 18.7. The fourth-order valence-corrected chi connectivity index (χ4v) is 3.00. The van der Waals surface area contributed by atoms with Crippen LogP contribution in [0.3, 0.4) is 0 Å². The molecule has 0 atom stereocenters. The van der Waals surface area contributed by atoms with Crippen molar-refractivity contribution in [1.29, 1.82) is 0 Å². The molecule has 0 saturated carbocycles. The topological polar surface area (TPSA) is 94.0 Å². The Morgan fingerprint density at radius 3 is 2.45 bits per heavy atom. The number of aryl methyl sites for hydroxylation is 2. The van der Waals surface area contributed by atoms with Gasteiger partial charge in [-0.15, -0.1) is 0 Å². The second-order valence-corrected chi connectivity index (χ2v) is 6.61. The maximum absolute atomic E-state index is 13.0. The fourth-order valence-electron chi connectivity index (χ4n) is 3.00. The van der Waals surface area contributed by atoms with Crippen LogP contribution < -0.4 is 5.84 Å². The van der Waals surface area contributed by atoms with Crippen molar-refractivity contribution >= 4 is 16.9 Å². The first-order valence-electron chi connectivity index (χ1n) is 8.94. The molecule has 2 aromatic heterocycles. The standard InChI is InChI=1S/C12H9FN2O2.C10H12N2/c1-7-10(12(16)17)6-14-11(15-7)8-3-2-4-9(13)5-8;1-7-8(2)12(11)10-6-4-3-5-9(7)10/h2-6H,1H3,(H,16,17);3-6H,11H2,1-2H3. The molecule has 4 rings (SSSR count). The first kappa shape index (κ1) is 20.0. The Morgan fingerprint density at radius 1 is 1.10 bits per heavy atom. The predicted molar refractivity (Wildman–Crippen MR) is 111 cm³/mol. The lowest BCUT2D eigenvalue weighted by molar-refractivity contribution is 0.0695. The highest BCUT2D eigenvalue weighted by Crippen LogP contribution is 2.22. The minimum atomic E-state index is -1.08. The Bertz CT molecular complexity index is 1160. The number of hydrogen-bond acceptors (Lipinski definition) is 4. The van der Waals surface area contributed by atoms with Gasteiger partial charge in [0, 0.05) is 22.8 Å². The van der Waals surface area contributed by atoms with E-state index in [2.05, 4.69) is 23.0 Å². The van der Waals surface area contributed by atoms with Crippen molar-refractivity contribution in [3.8, 4) is 11.4 Å². The van der Waals surface area contributed by atoms with Gasteiger partial charge in [0.25, 0.3) is 0 Å². The van der Waals surface area contributed by atoms with E-state index in [1.807, 2.05) is 25.1 Å². The molecule has 0 aliphatic carbocycles. The molecule has 148 valence electrons. The lowest BCUT2D eigenvalue weighted by Gasteiger charge is -2.03. The summed E-state index contributed by atoms with van der Waals surface area (Å²) in [5.74, 6) is 4.71. The third-order valence-corrected chi connectivity index (χ3v) is 4.76. The summed E-state index contributed by atoms with van der Waals surface area (Å²) >= 11 is 0. The number of para-hydroxylation sites is 1. The van der Waals surface area contributed by atoms with Gasteiger partial charge in [0.05, 0.1) is 16.8 Å². The van der Waals surface area contributed by atoms with E-state index in [-0.39, 0.29) is 11.4 Å². The SMILES string of the molecule is Cc1c(C)n(N)c2ccccc12.Cc1nc(-c2cccc(F)c2)ncc1C(=O)O. The molecular weight excluding hydrogens is 371 g/mol. The van der Waals surface area contributed by atoms with Gasteiger partial charge in [-0.3, -0.25) is 4.68 Å². The quantitative estimate of drug-likeness (QED) is 0.497. The second-order valence-electron chi connectivity index (χ2n) is 6.61. The van der Waals surface area contributed by atoms with Crippen LogP contribution in [0.1, 0.15) is 27.3 Å². The number of nitrogen functional groups attached to an aromatic ring is 1. The van der Waals surface area contributed by atoms with Crippen LogP contribution in [-0.2, 0) is 0 Å². The van der Waals surface area contributed by atoms with Crippen molar-refractivity contribution < 1.29 is 14.3 Å². The third-order valence-electron chi connectivity index (χ3n) is 4.76. The van der Waals surface area contributed by atoms with Gasteiger partial charge in [-0.1, -0.05) is 30.3 Å². The smallest absolute Gasteiger partial charge is 0.339 e. The lowest BCUT2D eigenvalue weighted by Crippen LogP contribution is -2.09. The Morgan fingerprint density at radius 2 is 1.83 bits per heavy atom. The molecule has 0 spiro atoms. The predicted octanol–water partition coefficient (Wildman–Crippen LogP) is 4.26. The molecule has 6 nitrogen and oxygen atoms in total. The average molecular weight is 392 g/mol. The van der Waals surface area contributed by atoms with Crippen LogP contribution in [0, 0.1) is 26.6 Å². The van der Waals surface area contributed by atoms with E-state index in [4.69, 9.17) is 10.9 Å². The number of benzene rings is 2. The van der Waals surface area contributed by atoms with E-state index in [1.165, 1.54) is 29.3 Å². The van der Waals surface area contributed by atoms with E-state index < -0.39 is 5.97 Å². The van der Waals surface area contributed by atoms with E-state index in [0.29, 0.717) is 17.1 Å². The number of aromatic nitrogens is 3. The minimum absolute atomic E-state index is 0.0464. The number of nitrogens with two attached hydrogens (primary N) is 1. The van der Waals surface area contributed by atoms with Crippen molar-refractivity contribution in [2.45, 2.75) is 20.8 Å². The number of halogens is 1. The second kappa shape index (κ2) is 8.10. The summed E-state index contributed by atoms with van der Waals surface area (Å²) in [5.41, 5.74) is 4.43. The normalized spacial score (nSPS) is 10.5. The molecule has 0 amide bonds. The molecule has 3 N–H and O–H groups in total. The van der Waals surface area contributed by atoms with Crippen molar-refractivity contribution in [2.75, 3.05) is 5.84 Å². The molecular formula is C22H21FN4O2. The van der Waals surface area contributed by atoms with Gasteiger partial charge >= 0.3 is 5.97 Å². The van der Waals surface area contributed by atoms with Gasteiger partial charge in [-0.25, -0.2) is 19.2 Å². The molecule has 4 aromatic rings. The first-order valence-corrected chi connectivity index (χ1v) is 8.94. The number of aromatic carboxylic acids is 1. The van der Waals surface area contributed by atoms with Crippen LogP contribution in [-0.4, -0.2) is 25.7 Å². The summed E-state index contributed by atoms with van der Waals surface area (Å²) in [7, 11) is 0. The summed E-state index contributed by atoms with van der Waals surface area (Å²) in [6.45, 7) is 5.71. The number of hydrogen-bond donors (Lipinski definition) is 2. The fraction of sp³-hybridized carbons (Fsp3) is 0.136. The molecule has 0 unspecified atom stereocenters. The monoisotopic (exact) mass is 392 g/mol. The summed E-state index contributed by atoms with van der Waals surface area (Å²) in [5, 5.41) is 10.1. The molecule has 29 heavy (non-hydrogen) atoms. The molecule has 2 heterocycles. The van der Waals surface area contributed by atoms with Gasteiger partial charge in [-0.2, -0.15) is 0 Å². The zero-order valence-electron chi connectivity index (χ0n) is 16.3. The molecule has 7 heteroatoms. The summed E-state index contributed by atoms with van der Waals surface area (Å²) in [6.07, 6.45) is 1.23. The maximum atomic E-state index is 13.0. The molecule has 0 fully saturated rings. The highest BCUT2D eigenvalue weighted by Gasteiger charge is 2.11. The molecule has 0 radical (unpaired) electrons. The number of carbonyl (C=O) groups is 1. The van der Waals surface area contributed by atoms with Crippen LogP contribution in [0.4, 0.5) is 4.39 Å². The zero-order chi connectivity index (χ0) is 21.1. The van der Waals surface area contributed by atoms with Crippen molar-refractivity contribution in [3.63, 3.8) is 0 Å². The largest absolute Gasteiger partial charge is 0.478 e. The summed E-state index contributed by atoms with van der Waals surface area (Å²) in [6, 6.07) is 14.0. The van der Waals surface area contributed by atoms with Crippen LogP contribution >= 0.6 is 0 Å². The number of rotatable bonds is 2. The van der Waals surface area contributed by atoms with Gasteiger partial charge in [-0.05, 0) is 44.5 Å². The molecule has 0 bridgehead atoms. The first-order chi connectivity index (χ1) is 13.8. The highest BCUT2D eigenvalue weighted by atomic mass is 19.1. The van der Waals surface area contributed by atoms with Crippen LogP contribution in [0.25, 0.3) is 22.3 Å². The van der Waals surface area contributed by atoms with Gasteiger partial charge in [0.1, 0.15) is 5.82 Å². The number of carboxylic acid groups (broad SMARTS) is 1. The van der Waals surface area contributed by atoms with Crippen LogP contribution in [0.2, 0.25) is 0 Å². The lowest BCUT2D eigenvalue weighted by atomic mass is 10.2. The number of fused-ring (bicyclic) bond motifs is 1. The van der Waals surface area contributed by atoms with Crippen LogP contribution in [0.15, 0.2) is 54.7 Å².